The second-order valence-corrected chi connectivity index (χ2v) is 10.1. The van der Waals surface area contributed by atoms with E-state index >= 15 is 0 Å². The average Bonchev–Trinajstić information content (AvgIpc) is 3.32. The highest BCUT2D eigenvalue weighted by molar-refractivity contribution is 6.14. The molecule has 8 rings (SSSR count). The Morgan fingerprint density at radius 3 is 1.84 bits per heavy atom. The molecule has 1 heterocycles. The minimum absolute atomic E-state index is 1.11. The zero-order chi connectivity index (χ0) is 24.3. The predicted molar refractivity (Wildman–Crippen MR) is 159 cm³/mol. The van der Waals surface area contributed by atoms with E-state index in [1.165, 1.54) is 71.3 Å². The van der Waals surface area contributed by atoms with Crippen molar-refractivity contribution in [2.45, 2.75) is 12.8 Å². The summed E-state index contributed by atoms with van der Waals surface area (Å²) in [6.45, 7) is 0. The zero-order valence-corrected chi connectivity index (χ0v) is 20.5. The van der Waals surface area contributed by atoms with Crippen LogP contribution in [0.5, 0.6) is 0 Å². The van der Waals surface area contributed by atoms with E-state index in [2.05, 4.69) is 132 Å². The predicted octanol–water partition coefficient (Wildman–Crippen LogP) is 9.72. The molecule has 0 N–H and O–H groups in total. The number of aromatic nitrogens is 1. The molecule has 1 aliphatic carbocycles. The molecule has 0 unspecified atom stereocenters. The molecule has 0 amide bonds. The number of rotatable bonds is 2. The molecule has 1 aromatic heterocycles. The molecule has 0 atom stereocenters. The summed E-state index contributed by atoms with van der Waals surface area (Å²) in [4.78, 5) is 0. The van der Waals surface area contributed by atoms with Gasteiger partial charge >= 0.3 is 0 Å². The molecule has 174 valence electrons. The molecule has 0 saturated carbocycles. The van der Waals surface area contributed by atoms with Gasteiger partial charge in [0, 0.05) is 16.5 Å². The van der Waals surface area contributed by atoms with Crippen molar-refractivity contribution in [3.8, 4) is 16.8 Å². The van der Waals surface area contributed by atoms with Crippen molar-refractivity contribution in [1.82, 2.24) is 4.57 Å². The van der Waals surface area contributed by atoms with Crippen LogP contribution in [-0.2, 0) is 6.42 Å². The first-order valence-electron chi connectivity index (χ1n) is 13.1. The molecule has 6 aromatic carbocycles. The van der Waals surface area contributed by atoms with Crippen LogP contribution in [0.3, 0.4) is 0 Å². The average molecular weight is 472 g/mol. The molecule has 1 nitrogen and oxygen atoms in total. The second-order valence-electron chi connectivity index (χ2n) is 10.1. The number of aryl methyl sites for hydroxylation is 1. The molecule has 0 aliphatic heterocycles. The van der Waals surface area contributed by atoms with Crippen molar-refractivity contribution in [1.29, 1.82) is 0 Å². The van der Waals surface area contributed by atoms with Gasteiger partial charge in [-0.2, -0.15) is 0 Å². The summed E-state index contributed by atoms with van der Waals surface area (Å²) >= 11 is 0. The van der Waals surface area contributed by atoms with Crippen molar-refractivity contribution in [2.75, 3.05) is 0 Å². The normalized spacial score (nSPS) is 13.1. The van der Waals surface area contributed by atoms with Crippen LogP contribution in [0.25, 0.3) is 66.2 Å². The third kappa shape index (κ3) is 3.04. The Hall–Kier alpha value is -4.62. The van der Waals surface area contributed by atoms with Crippen LogP contribution in [0.4, 0.5) is 0 Å². The number of hydrogen-bond acceptors (Lipinski definition) is 0. The Labute approximate surface area is 215 Å². The first kappa shape index (κ1) is 20.6. The summed E-state index contributed by atoms with van der Waals surface area (Å²) in [6.07, 6.45) is 6.86. The largest absolute Gasteiger partial charge is 0.309 e. The molecule has 0 fully saturated rings. The molecule has 1 heteroatoms. The van der Waals surface area contributed by atoms with Gasteiger partial charge in [0.05, 0.1) is 11.0 Å². The van der Waals surface area contributed by atoms with Crippen molar-refractivity contribution >= 4 is 49.4 Å². The Morgan fingerprint density at radius 2 is 1.11 bits per heavy atom. The first-order valence-corrected chi connectivity index (χ1v) is 13.1. The fourth-order valence-corrected chi connectivity index (χ4v) is 6.36. The van der Waals surface area contributed by atoms with E-state index in [-0.39, 0.29) is 0 Å². The van der Waals surface area contributed by atoms with Crippen molar-refractivity contribution in [2.24, 2.45) is 0 Å². The van der Waals surface area contributed by atoms with E-state index in [0.29, 0.717) is 0 Å². The van der Waals surface area contributed by atoms with Crippen LogP contribution >= 0.6 is 0 Å². The van der Waals surface area contributed by atoms with Crippen LogP contribution in [0.1, 0.15) is 17.5 Å². The van der Waals surface area contributed by atoms with Gasteiger partial charge in [-0.1, -0.05) is 97.1 Å². The lowest BCUT2D eigenvalue weighted by Crippen LogP contribution is -1.98. The van der Waals surface area contributed by atoms with E-state index in [9.17, 15) is 0 Å². The van der Waals surface area contributed by atoms with Crippen molar-refractivity contribution in [3.63, 3.8) is 0 Å². The van der Waals surface area contributed by atoms with E-state index in [0.717, 1.165) is 12.8 Å². The summed E-state index contributed by atoms with van der Waals surface area (Å²) < 4.78 is 2.38. The molecular weight excluding hydrogens is 446 g/mol. The molecule has 7 aromatic rings. The third-order valence-corrected chi connectivity index (χ3v) is 8.06. The first-order chi connectivity index (χ1) is 18.4. The number of fused-ring (bicyclic) bond motifs is 9. The maximum atomic E-state index is 2.39. The fourth-order valence-electron chi connectivity index (χ4n) is 6.36. The SMILES string of the molecule is C1=Cc2c(c3ccc(-c4ccc(-n5c6ccccc6c6ccccc65)cc4)cc3c3ccccc23)CC1. The molecule has 0 bridgehead atoms. The summed E-state index contributed by atoms with van der Waals surface area (Å²) in [5.41, 5.74) is 9.07. The van der Waals surface area contributed by atoms with Crippen molar-refractivity contribution < 1.29 is 0 Å². The van der Waals surface area contributed by atoms with Gasteiger partial charge in [-0.3, -0.25) is 0 Å². The van der Waals surface area contributed by atoms with Crippen LogP contribution in [0.15, 0.2) is 121 Å². The topological polar surface area (TPSA) is 4.93 Å². The van der Waals surface area contributed by atoms with Gasteiger partial charge in [0.15, 0.2) is 0 Å². The fraction of sp³-hybridized carbons (Fsp3) is 0.0556. The molecule has 0 radical (unpaired) electrons. The molecule has 0 saturated heterocycles. The van der Waals surface area contributed by atoms with Crippen molar-refractivity contribution in [3.05, 3.63) is 132 Å². The van der Waals surface area contributed by atoms with E-state index in [1.807, 2.05) is 0 Å². The van der Waals surface area contributed by atoms with Crippen LogP contribution in [0.2, 0.25) is 0 Å². The minimum Gasteiger partial charge on any atom is -0.309 e. The van der Waals surface area contributed by atoms with Gasteiger partial charge in [0.25, 0.3) is 0 Å². The molecule has 1 aliphatic rings. The summed E-state index contributed by atoms with van der Waals surface area (Å²) in [5.74, 6) is 0. The lowest BCUT2D eigenvalue weighted by Gasteiger charge is -2.18. The van der Waals surface area contributed by atoms with Crippen LogP contribution in [-0.4, -0.2) is 4.57 Å². The van der Waals surface area contributed by atoms with Gasteiger partial charge in [0.2, 0.25) is 0 Å². The van der Waals surface area contributed by atoms with Crippen LogP contribution in [0, 0.1) is 0 Å². The van der Waals surface area contributed by atoms with Gasteiger partial charge in [-0.05, 0) is 87.0 Å². The highest BCUT2D eigenvalue weighted by atomic mass is 15.0. The lowest BCUT2D eigenvalue weighted by molar-refractivity contribution is 1.00. The lowest BCUT2D eigenvalue weighted by atomic mass is 9.86. The third-order valence-electron chi connectivity index (χ3n) is 8.06. The minimum atomic E-state index is 1.11. The quantitative estimate of drug-likeness (QED) is 0.221. The van der Waals surface area contributed by atoms with E-state index < -0.39 is 0 Å². The Balaban J connectivity index is 1.29. The maximum absolute atomic E-state index is 2.39. The molecular formula is C36H25N. The standard InChI is InChI=1S/C36H25N/c1-2-11-29-27(9-1)28-10-3-4-12-30(28)34-23-25(19-22-31(29)34)24-17-20-26(21-18-24)37-35-15-7-5-13-32(35)33-14-6-8-16-36(33)37/h1,3-10,12-23H,2,11H2. The Bertz CT molecular complexity index is 1970. The maximum Gasteiger partial charge on any atom is 0.0541 e. The monoisotopic (exact) mass is 471 g/mol. The van der Waals surface area contributed by atoms with Gasteiger partial charge in [-0.25, -0.2) is 0 Å². The van der Waals surface area contributed by atoms with Crippen LogP contribution < -0.4 is 0 Å². The number of hydrogen-bond donors (Lipinski definition) is 0. The van der Waals surface area contributed by atoms with Gasteiger partial charge in [-0.15, -0.1) is 0 Å². The number of para-hydroxylation sites is 2. The Morgan fingerprint density at radius 1 is 0.486 bits per heavy atom. The number of benzene rings is 6. The highest BCUT2D eigenvalue weighted by Crippen LogP contribution is 2.39. The summed E-state index contributed by atoms with van der Waals surface area (Å²) in [6, 6.07) is 42.3. The second kappa shape index (κ2) is 7.94. The highest BCUT2D eigenvalue weighted by Gasteiger charge is 2.16. The van der Waals surface area contributed by atoms with Gasteiger partial charge in [0.1, 0.15) is 0 Å². The summed E-state index contributed by atoms with van der Waals surface area (Å²) in [5, 5.41) is 8.03. The number of allylic oxidation sites excluding steroid dienone is 1. The smallest absolute Gasteiger partial charge is 0.0541 e. The van der Waals surface area contributed by atoms with E-state index in [1.54, 1.807) is 0 Å². The number of nitrogens with zero attached hydrogens (tertiary/aromatic N) is 1. The summed E-state index contributed by atoms with van der Waals surface area (Å²) in [7, 11) is 0. The van der Waals surface area contributed by atoms with E-state index in [4.69, 9.17) is 0 Å². The molecule has 37 heavy (non-hydrogen) atoms. The zero-order valence-electron chi connectivity index (χ0n) is 20.5. The Kier molecular flexibility index (Phi) is 4.41. The molecule has 0 spiro atoms. The van der Waals surface area contributed by atoms with Gasteiger partial charge < -0.3 is 4.57 Å².